The van der Waals surface area contributed by atoms with Gasteiger partial charge in [-0.3, -0.25) is 5.32 Å². The van der Waals surface area contributed by atoms with Crippen LogP contribution < -0.4 is 16.0 Å². The van der Waals surface area contributed by atoms with Crippen molar-refractivity contribution in [3.63, 3.8) is 0 Å². The predicted octanol–water partition coefficient (Wildman–Crippen LogP) is 3.72. The van der Waals surface area contributed by atoms with Crippen molar-refractivity contribution in [3.05, 3.63) is 65.7 Å². The number of rotatable bonds is 7. The number of amides is 1. The van der Waals surface area contributed by atoms with Gasteiger partial charge in [-0.25, -0.2) is 14.4 Å². The topological polar surface area (TPSA) is 141 Å². The minimum atomic E-state index is -0.733. The quantitative estimate of drug-likeness (QED) is 0.359. The lowest BCUT2D eigenvalue weighted by Crippen LogP contribution is -2.14. The summed E-state index contributed by atoms with van der Waals surface area (Å²) >= 11 is 0. The smallest absolute Gasteiger partial charge is 0.413 e. The van der Waals surface area contributed by atoms with Gasteiger partial charge in [-0.1, -0.05) is 0 Å². The number of carbonyl (C=O) groups excluding carboxylic acids is 3. The van der Waals surface area contributed by atoms with E-state index in [0.717, 1.165) is 0 Å². The Morgan fingerprint density at radius 2 is 1.09 bits per heavy atom. The molecule has 0 radical (unpaired) electrons. The summed E-state index contributed by atoms with van der Waals surface area (Å²) in [5.41, 5.74) is 2.07. The number of ether oxygens (including phenoxy) is 3. The summed E-state index contributed by atoms with van der Waals surface area (Å²) in [6.07, 6.45) is -0.733. The fourth-order valence-electron chi connectivity index (χ4n) is 2.68. The van der Waals surface area contributed by atoms with Crippen LogP contribution in [0.1, 0.15) is 20.7 Å². The molecule has 1 aromatic heterocycles. The summed E-state index contributed by atoms with van der Waals surface area (Å²) in [4.78, 5) is 43.4. The molecule has 0 aliphatic heterocycles. The minimum absolute atomic E-state index is 0.00767. The largest absolute Gasteiger partial charge is 0.465 e. The lowest BCUT2D eigenvalue weighted by atomic mass is 10.2. The zero-order valence-electron chi connectivity index (χ0n) is 18.0. The Bertz CT molecular complexity index is 1070. The summed E-state index contributed by atoms with van der Waals surface area (Å²) in [5.74, 6) is -0.186. The van der Waals surface area contributed by atoms with E-state index in [4.69, 9.17) is 9.47 Å². The second-order valence-electron chi connectivity index (χ2n) is 6.47. The Kier molecular flexibility index (Phi) is 7.37. The molecule has 11 nitrogen and oxygen atoms in total. The van der Waals surface area contributed by atoms with Gasteiger partial charge >= 0.3 is 18.0 Å². The molecule has 2 aromatic carbocycles. The number of aromatic nitrogens is 2. The van der Waals surface area contributed by atoms with Crippen LogP contribution in [0.2, 0.25) is 0 Å². The number of hydrogen-bond donors (Lipinski definition) is 3. The Balaban J connectivity index is 1.85. The highest BCUT2D eigenvalue weighted by Gasteiger charge is 2.11. The van der Waals surface area contributed by atoms with Crippen molar-refractivity contribution in [2.24, 2.45) is 0 Å². The summed E-state index contributed by atoms with van der Waals surface area (Å²) in [6, 6.07) is 14.7. The van der Waals surface area contributed by atoms with E-state index in [2.05, 4.69) is 30.7 Å². The first-order valence-electron chi connectivity index (χ1n) is 9.56. The molecule has 0 fully saturated rings. The lowest BCUT2D eigenvalue weighted by Gasteiger charge is -2.12. The maximum absolute atomic E-state index is 11.6. The van der Waals surface area contributed by atoms with E-state index in [0.29, 0.717) is 34.1 Å². The van der Waals surface area contributed by atoms with Gasteiger partial charge in [-0.05, 0) is 48.5 Å². The Labute approximate surface area is 189 Å². The van der Waals surface area contributed by atoms with Gasteiger partial charge in [0.25, 0.3) is 0 Å². The van der Waals surface area contributed by atoms with Gasteiger partial charge in [0.15, 0.2) is 0 Å². The van der Waals surface area contributed by atoms with E-state index in [1.165, 1.54) is 21.3 Å². The van der Waals surface area contributed by atoms with Crippen LogP contribution in [-0.4, -0.2) is 49.3 Å². The van der Waals surface area contributed by atoms with Crippen molar-refractivity contribution in [1.82, 2.24) is 9.97 Å². The predicted molar refractivity (Wildman–Crippen MR) is 120 cm³/mol. The molecule has 170 valence electrons. The molecule has 3 aromatic rings. The Morgan fingerprint density at radius 1 is 0.667 bits per heavy atom. The molecule has 0 saturated heterocycles. The molecule has 3 rings (SSSR count). The molecule has 0 atom stereocenters. The van der Waals surface area contributed by atoms with Gasteiger partial charge < -0.3 is 24.8 Å². The van der Waals surface area contributed by atoms with E-state index < -0.39 is 18.0 Å². The van der Waals surface area contributed by atoms with Crippen LogP contribution in [0.3, 0.4) is 0 Å². The molecule has 0 aliphatic rings. The van der Waals surface area contributed by atoms with Crippen LogP contribution in [-0.2, 0) is 14.2 Å². The fourth-order valence-corrected chi connectivity index (χ4v) is 2.68. The number of hydrogen-bond acceptors (Lipinski definition) is 10. The summed E-state index contributed by atoms with van der Waals surface area (Å²) in [5, 5.41) is 8.58. The normalized spacial score (nSPS) is 10.0. The number of nitrogens with one attached hydrogen (secondary N) is 3. The zero-order chi connectivity index (χ0) is 23.8. The Hall–Kier alpha value is -4.67. The van der Waals surface area contributed by atoms with E-state index in [1.807, 2.05) is 0 Å². The van der Waals surface area contributed by atoms with Crippen molar-refractivity contribution in [3.8, 4) is 0 Å². The van der Waals surface area contributed by atoms with Gasteiger partial charge in [0.1, 0.15) is 11.6 Å². The van der Waals surface area contributed by atoms with Crippen molar-refractivity contribution >= 4 is 47.0 Å². The van der Waals surface area contributed by atoms with Gasteiger partial charge in [-0.15, -0.1) is 0 Å². The first kappa shape index (κ1) is 23.0. The number of methoxy groups -OCH3 is 3. The van der Waals surface area contributed by atoms with Gasteiger partial charge in [-0.2, -0.15) is 9.97 Å². The van der Waals surface area contributed by atoms with Crippen molar-refractivity contribution < 1.29 is 28.6 Å². The molecular weight excluding hydrogens is 430 g/mol. The Morgan fingerprint density at radius 3 is 1.45 bits per heavy atom. The zero-order valence-corrected chi connectivity index (χ0v) is 18.0. The molecule has 11 heteroatoms. The summed E-state index contributed by atoms with van der Waals surface area (Å²) in [7, 11) is 3.84. The summed E-state index contributed by atoms with van der Waals surface area (Å²) < 4.78 is 14.0. The highest BCUT2D eigenvalue weighted by Crippen LogP contribution is 2.23. The second-order valence-corrected chi connectivity index (χ2v) is 6.47. The molecule has 3 N–H and O–H groups in total. The van der Waals surface area contributed by atoms with Crippen molar-refractivity contribution in [2.75, 3.05) is 37.3 Å². The highest BCUT2D eigenvalue weighted by molar-refractivity contribution is 5.90. The number of nitrogens with zero attached hydrogens (tertiary/aromatic N) is 2. The molecule has 0 saturated carbocycles. The third kappa shape index (κ3) is 6.17. The number of esters is 2. The van der Waals surface area contributed by atoms with E-state index in [-0.39, 0.29) is 5.95 Å². The average Bonchev–Trinajstić information content (AvgIpc) is 2.83. The fraction of sp³-hybridized carbons (Fsp3) is 0.136. The van der Waals surface area contributed by atoms with E-state index in [1.54, 1.807) is 54.6 Å². The maximum atomic E-state index is 11.6. The summed E-state index contributed by atoms with van der Waals surface area (Å²) in [6.45, 7) is 0. The second kappa shape index (κ2) is 10.6. The third-order valence-corrected chi connectivity index (χ3v) is 4.28. The maximum Gasteiger partial charge on any atom is 0.413 e. The lowest BCUT2D eigenvalue weighted by molar-refractivity contribution is 0.0592. The molecule has 1 amide bonds. The van der Waals surface area contributed by atoms with Gasteiger partial charge in [0.05, 0.1) is 32.5 Å². The monoisotopic (exact) mass is 451 g/mol. The van der Waals surface area contributed by atoms with Crippen LogP contribution in [0.15, 0.2) is 54.6 Å². The van der Waals surface area contributed by atoms with Gasteiger partial charge in [0.2, 0.25) is 5.95 Å². The van der Waals surface area contributed by atoms with Crippen molar-refractivity contribution in [1.29, 1.82) is 0 Å². The highest BCUT2D eigenvalue weighted by atomic mass is 16.5. The van der Waals surface area contributed by atoms with Crippen LogP contribution in [0, 0.1) is 0 Å². The van der Waals surface area contributed by atoms with Crippen LogP contribution in [0.25, 0.3) is 0 Å². The first-order chi connectivity index (χ1) is 15.9. The first-order valence-corrected chi connectivity index (χ1v) is 9.56. The molecule has 0 unspecified atom stereocenters. The van der Waals surface area contributed by atoms with E-state index in [9.17, 15) is 14.4 Å². The SMILES string of the molecule is COC(=O)Nc1nc(Nc2ccc(C(=O)OC)cc2)cc(Nc2ccc(C(=O)OC)cc2)n1. The number of carbonyl (C=O) groups is 3. The van der Waals surface area contributed by atoms with Gasteiger partial charge in [0, 0.05) is 17.4 Å². The molecular formula is C22H21N5O6. The molecule has 0 spiro atoms. The molecule has 33 heavy (non-hydrogen) atoms. The average molecular weight is 451 g/mol. The van der Waals surface area contributed by atoms with Crippen LogP contribution >= 0.6 is 0 Å². The minimum Gasteiger partial charge on any atom is -0.465 e. The molecule has 1 heterocycles. The number of benzene rings is 2. The number of anilines is 5. The molecule has 0 bridgehead atoms. The van der Waals surface area contributed by atoms with Crippen LogP contribution in [0.5, 0.6) is 0 Å². The van der Waals surface area contributed by atoms with Crippen molar-refractivity contribution in [2.45, 2.75) is 0 Å². The van der Waals surface area contributed by atoms with E-state index >= 15 is 0 Å². The van der Waals surface area contributed by atoms with Crippen LogP contribution in [0.4, 0.5) is 33.8 Å². The third-order valence-electron chi connectivity index (χ3n) is 4.28. The molecule has 0 aliphatic carbocycles. The standard InChI is InChI=1S/C22H21N5O6/c1-31-19(28)13-4-8-15(9-5-13)23-17-12-18(26-21(25-17)27-22(30)33-3)24-16-10-6-14(7-11-16)20(29)32-2/h4-12H,1-3H3,(H3,23,24,25,26,27,30).